The minimum Gasteiger partial charge on any atom is -0.497 e. The third-order valence-corrected chi connectivity index (χ3v) is 7.32. The Morgan fingerprint density at radius 1 is 0.842 bits per heavy atom. The van der Waals surface area contributed by atoms with Crippen LogP contribution in [0.25, 0.3) is 0 Å². The third kappa shape index (κ3) is 6.54. The number of hydrazone groups is 1. The first-order chi connectivity index (χ1) is 18.1. The molecule has 3 aromatic carbocycles. The number of carbonyl (C=O) groups is 1. The molecule has 0 aromatic heterocycles. The van der Waals surface area contributed by atoms with E-state index < -0.39 is 22.5 Å². The first kappa shape index (κ1) is 28.3. The van der Waals surface area contributed by atoms with E-state index in [2.05, 4.69) is 10.5 Å². The molecule has 0 aliphatic rings. The van der Waals surface area contributed by atoms with E-state index in [-0.39, 0.29) is 10.6 Å². The summed E-state index contributed by atoms with van der Waals surface area (Å²) in [5.41, 5.74) is 4.99. The molecule has 0 saturated heterocycles. The molecular formula is C27H31N3O7S. The van der Waals surface area contributed by atoms with Crippen LogP contribution in [0.2, 0.25) is 0 Å². The second-order valence-corrected chi connectivity index (χ2v) is 10.1. The number of aryl methyl sites for hydroxylation is 2. The number of nitrogens with zero attached hydrogens (tertiary/aromatic N) is 2. The van der Waals surface area contributed by atoms with Crippen LogP contribution in [0.4, 0.5) is 5.69 Å². The lowest BCUT2D eigenvalue weighted by Crippen LogP contribution is -2.39. The van der Waals surface area contributed by atoms with Crippen molar-refractivity contribution in [1.29, 1.82) is 0 Å². The van der Waals surface area contributed by atoms with Crippen LogP contribution in [-0.4, -0.2) is 55.5 Å². The number of carbonyl (C=O) groups excluding carboxylic acids is 1. The number of hydrogen-bond donors (Lipinski definition) is 1. The van der Waals surface area contributed by atoms with Crippen LogP contribution < -0.4 is 28.7 Å². The fraction of sp³-hybridized carbons (Fsp3) is 0.259. The van der Waals surface area contributed by atoms with Gasteiger partial charge in [-0.1, -0.05) is 6.07 Å². The summed E-state index contributed by atoms with van der Waals surface area (Å²) in [6, 6.07) is 14.7. The van der Waals surface area contributed by atoms with E-state index in [4.69, 9.17) is 18.9 Å². The number of ether oxygens (including phenoxy) is 4. The molecule has 0 saturated carbocycles. The minimum atomic E-state index is -4.19. The zero-order chi connectivity index (χ0) is 27.9. The van der Waals surface area contributed by atoms with Gasteiger partial charge in [0.1, 0.15) is 18.0 Å². The van der Waals surface area contributed by atoms with Crippen molar-refractivity contribution in [3.05, 3.63) is 71.3 Å². The van der Waals surface area contributed by atoms with Gasteiger partial charge in [0.2, 0.25) is 0 Å². The summed E-state index contributed by atoms with van der Waals surface area (Å²) < 4.78 is 49.6. The molecule has 38 heavy (non-hydrogen) atoms. The molecule has 10 nitrogen and oxygen atoms in total. The van der Waals surface area contributed by atoms with E-state index in [0.717, 1.165) is 15.4 Å². The predicted molar refractivity (Wildman–Crippen MR) is 145 cm³/mol. The van der Waals surface area contributed by atoms with Crippen LogP contribution in [0.5, 0.6) is 23.0 Å². The molecule has 11 heteroatoms. The second-order valence-electron chi connectivity index (χ2n) is 8.28. The second kappa shape index (κ2) is 12.3. The Morgan fingerprint density at radius 2 is 1.47 bits per heavy atom. The maximum absolute atomic E-state index is 13.8. The molecule has 1 N–H and O–H groups in total. The highest BCUT2D eigenvalue weighted by Crippen LogP contribution is 2.32. The summed E-state index contributed by atoms with van der Waals surface area (Å²) in [5, 5.41) is 3.99. The van der Waals surface area contributed by atoms with Gasteiger partial charge in [0, 0.05) is 11.6 Å². The highest BCUT2D eigenvalue weighted by atomic mass is 32.2. The molecule has 3 aromatic rings. The van der Waals surface area contributed by atoms with Crippen molar-refractivity contribution >= 4 is 27.8 Å². The summed E-state index contributed by atoms with van der Waals surface area (Å²) in [5.74, 6) is 1.09. The number of hydrogen-bond acceptors (Lipinski definition) is 8. The lowest BCUT2D eigenvalue weighted by Gasteiger charge is -2.25. The largest absolute Gasteiger partial charge is 0.497 e. The summed E-state index contributed by atoms with van der Waals surface area (Å²) in [6.07, 6.45) is 1.39. The van der Waals surface area contributed by atoms with Crippen molar-refractivity contribution in [2.75, 3.05) is 39.3 Å². The highest BCUT2D eigenvalue weighted by Gasteiger charge is 2.28. The van der Waals surface area contributed by atoms with Crippen molar-refractivity contribution in [3.63, 3.8) is 0 Å². The molecule has 0 bridgehead atoms. The van der Waals surface area contributed by atoms with Gasteiger partial charge in [-0.2, -0.15) is 5.10 Å². The first-order valence-electron chi connectivity index (χ1n) is 11.5. The van der Waals surface area contributed by atoms with E-state index in [1.54, 1.807) is 30.3 Å². The Hall–Kier alpha value is -4.25. The number of amides is 1. The average Bonchev–Trinajstić information content (AvgIpc) is 2.90. The molecule has 0 aliphatic heterocycles. The van der Waals surface area contributed by atoms with E-state index >= 15 is 0 Å². The van der Waals surface area contributed by atoms with Gasteiger partial charge in [0.15, 0.2) is 11.5 Å². The fourth-order valence-corrected chi connectivity index (χ4v) is 5.21. The van der Waals surface area contributed by atoms with Gasteiger partial charge >= 0.3 is 0 Å². The van der Waals surface area contributed by atoms with Gasteiger partial charge < -0.3 is 18.9 Å². The van der Waals surface area contributed by atoms with Gasteiger partial charge in [-0.25, -0.2) is 13.8 Å². The zero-order valence-corrected chi connectivity index (χ0v) is 23.0. The molecule has 0 heterocycles. The van der Waals surface area contributed by atoms with Gasteiger partial charge in [0.25, 0.3) is 15.9 Å². The number of benzene rings is 3. The normalized spacial score (nSPS) is 11.2. The number of anilines is 1. The van der Waals surface area contributed by atoms with Gasteiger partial charge in [0.05, 0.1) is 45.2 Å². The van der Waals surface area contributed by atoms with Gasteiger partial charge in [-0.3, -0.25) is 9.10 Å². The fourth-order valence-electron chi connectivity index (χ4n) is 3.79. The van der Waals surface area contributed by atoms with E-state index in [9.17, 15) is 13.2 Å². The maximum Gasteiger partial charge on any atom is 0.264 e. The Morgan fingerprint density at radius 3 is 2.08 bits per heavy atom. The van der Waals surface area contributed by atoms with Crippen molar-refractivity contribution in [2.45, 2.75) is 18.7 Å². The molecule has 0 fully saturated rings. The first-order valence-corrected chi connectivity index (χ1v) is 12.9. The topological polar surface area (TPSA) is 116 Å². The molecular weight excluding hydrogens is 510 g/mol. The van der Waals surface area contributed by atoms with Crippen LogP contribution in [0, 0.1) is 13.8 Å². The summed E-state index contributed by atoms with van der Waals surface area (Å²) in [7, 11) is 1.73. The molecule has 0 atom stereocenters. The Labute approximate surface area is 222 Å². The number of sulfonamides is 1. The summed E-state index contributed by atoms with van der Waals surface area (Å²) in [4.78, 5) is 12.9. The van der Waals surface area contributed by atoms with Crippen molar-refractivity contribution in [2.24, 2.45) is 5.10 Å². The molecule has 0 aliphatic carbocycles. The lowest BCUT2D eigenvalue weighted by atomic mass is 10.1. The van der Waals surface area contributed by atoms with Gasteiger partial charge in [-0.15, -0.1) is 0 Å². The van der Waals surface area contributed by atoms with Crippen LogP contribution in [0.3, 0.4) is 0 Å². The Balaban J connectivity index is 1.94. The smallest absolute Gasteiger partial charge is 0.264 e. The lowest BCUT2D eigenvalue weighted by molar-refractivity contribution is -0.119. The third-order valence-electron chi connectivity index (χ3n) is 5.55. The molecule has 0 spiro atoms. The average molecular weight is 542 g/mol. The standard InChI is InChI=1S/C27H31N3O7S/c1-18-11-19(2)13-21(12-18)30(38(32,33)23-8-10-25(36-5)26(15-23)37-6)17-27(31)29-28-16-20-14-22(34-3)7-9-24(20)35-4/h7-16H,17H2,1-6H3,(H,29,31)/b28-16-. The van der Waals surface area contributed by atoms with E-state index in [1.165, 1.54) is 52.9 Å². The van der Waals surface area contributed by atoms with Crippen LogP contribution in [0.1, 0.15) is 16.7 Å². The highest BCUT2D eigenvalue weighted by molar-refractivity contribution is 7.92. The quantitative estimate of drug-likeness (QED) is 0.291. The number of nitrogens with one attached hydrogen (secondary N) is 1. The van der Waals surface area contributed by atoms with E-state index in [0.29, 0.717) is 28.5 Å². The molecule has 202 valence electrons. The molecule has 1 amide bonds. The SMILES string of the molecule is COc1ccc(OC)c(/C=N\NC(=O)CN(c2cc(C)cc(C)c2)S(=O)(=O)c2ccc(OC)c(OC)c2)c1. The van der Waals surface area contributed by atoms with Crippen LogP contribution in [-0.2, 0) is 14.8 Å². The van der Waals surface area contributed by atoms with Crippen molar-refractivity contribution in [1.82, 2.24) is 5.43 Å². The molecule has 0 radical (unpaired) electrons. The van der Waals surface area contributed by atoms with Crippen LogP contribution >= 0.6 is 0 Å². The predicted octanol–water partition coefficient (Wildman–Crippen LogP) is 3.68. The summed E-state index contributed by atoms with van der Waals surface area (Å²) in [6.45, 7) is 3.18. The molecule has 3 rings (SSSR count). The Kier molecular flexibility index (Phi) is 9.19. The number of rotatable bonds is 11. The van der Waals surface area contributed by atoms with Crippen LogP contribution in [0.15, 0.2) is 64.6 Å². The van der Waals surface area contributed by atoms with Gasteiger partial charge in [-0.05, 0) is 67.4 Å². The van der Waals surface area contributed by atoms with Crippen molar-refractivity contribution < 1.29 is 32.2 Å². The molecule has 0 unspecified atom stereocenters. The number of methoxy groups -OCH3 is 4. The zero-order valence-electron chi connectivity index (χ0n) is 22.1. The van der Waals surface area contributed by atoms with E-state index in [1.807, 2.05) is 19.9 Å². The van der Waals surface area contributed by atoms with Crippen molar-refractivity contribution in [3.8, 4) is 23.0 Å². The monoisotopic (exact) mass is 541 g/mol. The maximum atomic E-state index is 13.8. The summed E-state index contributed by atoms with van der Waals surface area (Å²) >= 11 is 0. The minimum absolute atomic E-state index is 0.0632. The Bertz CT molecular complexity index is 1420.